The lowest BCUT2D eigenvalue weighted by atomic mass is 9.82. The van der Waals surface area contributed by atoms with Gasteiger partial charge in [0.1, 0.15) is 0 Å². The predicted molar refractivity (Wildman–Crippen MR) is 125 cm³/mol. The molecule has 3 rings (SSSR count). The van der Waals surface area contributed by atoms with E-state index in [-0.39, 0.29) is 15.2 Å². The second-order valence-corrected chi connectivity index (χ2v) is 13.0. The number of benzene rings is 2. The van der Waals surface area contributed by atoms with Crippen molar-refractivity contribution in [2.75, 3.05) is 43.4 Å². The summed E-state index contributed by atoms with van der Waals surface area (Å²) in [6.45, 7) is 6.25. The van der Waals surface area contributed by atoms with E-state index >= 15 is 0 Å². The molecule has 0 unspecified atom stereocenters. The van der Waals surface area contributed by atoms with Gasteiger partial charge < -0.3 is 4.90 Å². The number of anilines is 2. The van der Waals surface area contributed by atoms with E-state index in [4.69, 9.17) is 0 Å². The van der Waals surface area contributed by atoms with Crippen LogP contribution in [0, 0.1) is 5.41 Å². The van der Waals surface area contributed by atoms with Gasteiger partial charge in [-0.1, -0.05) is 26.0 Å². The zero-order valence-corrected chi connectivity index (χ0v) is 20.4. The topological polar surface area (TPSA) is 78.0 Å². The summed E-state index contributed by atoms with van der Waals surface area (Å²) in [5.74, 6) is 0. The Balaban J connectivity index is 1.92. The summed E-state index contributed by atoms with van der Waals surface area (Å²) in [6, 6.07) is 12.8. The number of para-hydroxylation sites is 2. The van der Waals surface area contributed by atoms with Crippen molar-refractivity contribution in [2.24, 2.45) is 5.41 Å². The number of hydrogen-bond acceptors (Lipinski definition) is 5. The predicted octanol–water partition coefficient (Wildman–Crippen LogP) is 3.39. The van der Waals surface area contributed by atoms with Crippen molar-refractivity contribution >= 4 is 31.4 Å². The van der Waals surface area contributed by atoms with Crippen LogP contribution in [0.5, 0.6) is 0 Å². The van der Waals surface area contributed by atoms with Crippen LogP contribution in [-0.2, 0) is 20.0 Å². The monoisotopic (exact) mass is 465 g/mol. The average molecular weight is 466 g/mol. The van der Waals surface area contributed by atoms with E-state index in [9.17, 15) is 16.8 Å². The molecular weight excluding hydrogens is 434 g/mol. The van der Waals surface area contributed by atoms with Crippen LogP contribution in [0.3, 0.4) is 0 Å². The SMILES string of the molecule is CN(C)S(=O)(=O)c1ccc(S(=O)(=O)N(C)c2ccccc2N2CCC(C)(C)CC2)cc1. The minimum Gasteiger partial charge on any atom is -0.370 e. The molecule has 0 N–H and O–H groups in total. The second kappa shape index (κ2) is 8.44. The highest BCUT2D eigenvalue weighted by molar-refractivity contribution is 7.92. The first kappa shape index (κ1) is 23.6. The number of rotatable bonds is 6. The summed E-state index contributed by atoms with van der Waals surface area (Å²) in [5.41, 5.74) is 1.78. The van der Waals surface area contributed by atoms with Crippen molar-refractivity contribution in [3.05, 3.63) is 48.5 Å². The molecule has 0 amide bonds. The Morgan fingerprint density at radius 1 is 0.774 bits per heavy atom. The highest BCUT2D eigenvalue weighted by atomic mass is 32.2. The first-order chi connectivity index (χ1) is 14.4. The van der Waals surface area contributed by atoms with Crippen molar-refractivity contribution in [2.45, 2.75) is 36.5 Å². The first-order valence-electron chi connectivity index (χ1n) is 10.2. The van der Waals surface area contributed by atoms with Gasteiger partial charge in [-0.25, -0.2) is 21.1 Å². The summed E-state index contributed by atoms with van der Waals surface area (Å²) >= 11 is 0. The fourth-order valence-electron chi connectivity index (χ4n) is 3.63. The number of nitrogens with zero attached hydrogens (tertiary/aromatic N) is 3. The van der Waals surface area contributed by atoms with E-state index in [1.807, 2.05) is 18.2 Å². The minimum absolute atomic E-state index is 0.0438. The van der Waals surface area contributed by atoms with E-state index in [1.54, 1.807) is 6.07 Å². The third-order valence-corrected chi connectivity index (χ3v) is 9.55. The maximum atomic E-state index is 13.3. The standard InChI is InChI=1S/C22H31N3O4S2/c1-22(2)14-16-25(17-15-22)21-9-7-6-8-20(21)24(5)31(28,29)19-12-10-18(11-13-19)30(26,27)23(3)4/h6-13H,14-17H2,1-5H3. The van der Waals surface area contributed by atoms with E-state index in [0.717, 1.165) is 35.9 Å². The lowest BCUT2D eigenvalue weighted by molar-refractivity contribution is 0.280. The van der Waals surface area contributed by atoms with Crippen molar-refractivity contribution in [3.8, 4) is 0 Å². The summed E-state index contributed by atoms with van der Waals surface area (Å²) < 4.78 is 53.5. The summed E-state index contributed by atoms with van der Waals surface area (Å²) in [4.78, 5) is 2.33. The fraction of sp³-hybridized carbons (Fsp3) is 0.455. The zero-order chi connectivity index (χ0) is 23.0. The van der Waals surface area contributed by atoms with Gasteiger partial charge in [-0.15, -0.1) is 0 Å². The number of hydrogen-bond donors (Lipinski definition) is 0. The first-order valence-corrected chi connectivity index (χ1v) is 13.1. The summed E-state index contributed by atoms with van der Waals surface area (Å²) in [7, 11) is -3.08. The maximum Gasteiger partial charge on any atom is 0.264 e. The van der Waals surface area contributed by atoms with E-state index in [0.29, 0.717) is 5.69 Å². The Morgan fingerprint density at radius 2 is 1.26 bits per heavy atom. The smallest absolute Gasteiger partial charge is 0.264 e. The molecule has 0 aliphatic carbocycles. The molecular formula is C22H31N3O4S2. The van der Waals surface area contributed by atoms with Gasteiger partial charge in [-0.05, 0) is 54.7 Å². The Morgan fingerprint density at radius 3 is 1.77 bits per heavy atom. The molecule has 0 saturated carbocycles. The third-order valence-electron chi connectivity index (χ3n) is 5.94. The Kier molecular flexibility index (Phi) is 6.42. The van der Waals surface area contributed by atoms with E-state index < -0.39 is 20.0 Å². The molecule has 7 nitrogen and oxygen atoms in total. The molecule has 1 aliphatic heterocycles. The molecule has 2 aromatic carbocycles. The van der Waals surface area contributed by atoms with Gasteiger partial charge in [-0.3, -0.25) is 4.31 Å². The molecule has 31 heavy (non-hydrogen) atoms. The molecule has 0 spiro atoms. The molecule has 1 aliphatic rings. The zero-order valence-electron chi connectivity index (χ0n) is 18.7. The van der Waals surface area contributed by atoms with Crippen LogP contribution >= 0.6 is 0 Å². The van der Waals surface area contributed by atoms with Gasteiger partial charge in [0.15, 0.2) is 0 Å². The Bertz CT molecular complexity index is 1130. The Labute approximate surface area is 186 Å². The number of sulfonamides is 2. The van der Waals surface area contributed by atoms with Crippen LogP contribution in [0.4, 0.5) is 11.4 Å². The molecule has 1 fully saturated rings. The van der Waals surface area contributed by atoms with Crippen molar-refractivity contribution in [3.63, 3.8) is 0 Å². The highest BCUT2D eigenvalue weighted by Gasteiger charge is 2.29. The highest BCUT2D eigenvalue weighted by Crippen LogP contribution is 2.37. The molecule has 2 aromatic rings. The fourth-order valence-corrected chi connectivity index (χ4v) is 5.74. The van der Waals surface area contributed by atoms with Crippen molar-refractivity contribution in [1.29, 1.82) is 0 Å². The normalized spacial score (nSPS) is 17.0. The van der Waals surface area contributed by atoms with Crippen LogP contribution in [0.25, 0.3) is 0 Å². The second-order valence-electron chi connectivity index (χ2n) is 8.87. The van der Waals surface area contributed by atoms with Crippen LogP contribution in [0.2, 0.25) is 0 Å². The summed E-state index contributed by atoms with van der Waals surface area (Å²) in [5, 5.41) is 0. The van der Waals surface area contributed by atoms with Gasteiger partial charge >= 0.3 is 0 Å². The lowest BCUT2D eigenvalue weighted by Gasteiger charge is -2.39. The van der Waals surface area contributed by atoms with Gasteiger partial charge in [0.25, 0.3) is 10.0 Å². The van der Waals surface area contributed by atoms with Gasteiger partial charge in [-0.2, -0.15) is 0 Å². The van der Waals surface area contributed by atoms with Crippen molar-refractivity contribution in [1.82, 2.24) is 4.31 Å². The van der Waals surface area contributed by atoms with E-state index in [2.05, 4.69) is 18.7 Å². The minimum atomic E-state index is -3.86. The van der Waals surface area contributed by atoms with Crippen LogP contribution in [-0.4, -0.2) is 55.4 Å². The molecule has 1 saturated heterocycles. The van der Waals surface area contributed by atoms with Gasteiger partial charge in [0.05, 0.1) is 21.2 Å². The molecule has 0 aromatic heterocycles. The lowest BCUT2D eigenvalue weighted by Crippen LogP contribution is -2.38. The van der Waals surface area contributed by atoms with Gasteiger partial charge in [0.2, 0.25) is 10.0 Å². The molecule has 170 valence electrons. The third kappa shape index (κ3) is 4.73. The largest absolute Gasteiger partial charge is 0.370 e. The van der Waals surface area contributed by atoms with Crippen LogP contribution < -0.4 is 9.21 Å². The summed E-state index contributed by atoms with van der Waals surface area (Å²) in [6.07, 6.45) is 2.08. The quantitative estimate of drug-likeness (QED) is 0.654. The molecule has 0 radical (unpaired) electrons. The average Bonchev–Trinajstić information content (AvgIpc) is 2.73. The van der Waals surface area contributed by atoms with Crippen molar-refractivity contribution < 1.29 is 16.8 Å². The number of piperidine rings is 1. The maximum absolute atomic E-state index is 13.3. The molecule has 0 atom stereocenters. The molecule has 0 bridgehead atoms. The van der Waals surface area contributed by atoms with Crippen LogP contribution in [0.15, 0.2) is 58.3 Å². The Hall–Kier alpha value is -2.10. The molecule has 1 heterocycles. The van der Waals surface area contributed by atoms with E-state index in [1.165, 1.54) is 49.7 Å². The molecule has 9 heteroatoms. The van der Waals surface area contributed by atoms with Gasteiger partial charge in [0, 0.05) is 34.2 Å². The van der Waals surface area contributed by atoms with Crippen LogP contribution in [0.1, 0.15) is 26.7 Å².